The number of para-hydroxylation sites is 1. The number of amides is 4. The fourth-order valence-electron chi connectivity index (χ4n) is 7.15. The van der Waals surface area contributed by atoms with Crippen LogP contribution in [0.3, 0.4) is 0 Å². The highest BCUT2D eigenvalue weighted by Crippen LogP contribution is 2.32. The SMILES string of the molecule is C=CCN1CC(=O)N2[C@@H](Cc3ccc(OC)cc3)C(=O)N(Cc3cccc4c(C(C)=O)cn(CCC)c34)C[C@@H]2N1C(=O)NCc1ccccc1. The number of methoxy groups -OCH3 is 1. The van der Waals surface area contributed by atoms with Gasteiger partial charge >= 0.3 is 6.03 Å². The van der Waals surface area contributed by atoms with Gasteiger partial charge in [0.15, 0.2) is 5.78 Å². The Balaban J connectivity index is 1.40. The van der Waals surface area contributed by atoms with Gasteiger partial charge in [-0.3, -0.25) is 14.4 Å². The third-order valence-corrected chi connectivity index (χ3v) is 9.44. The van der Waals surface area contributed by atoms with Crippen LogP contribution in [0.2, 0.25) is 0 Å². The summed E-state index contributed by atoms with van der Waals surface area (Å²) in [6, 6.07) is 21.7. The number of aryl methyl sites for hydroxylation is 1. The summed E-state index contributed by atoms with van der Waals surface area (Å²) in [5.74, 6) is 0.225. The number of hydrogen-bond donors (Lipinski definition) is 1. The van der Waals surface area contributed by atoms with Crippen LogP contribution in [0.4, 0.5) is 4.79 Å². The number of rotatable bonds is 12. The highest BCUT2D eigenvalue weighted by molar-refractivity contribution is 6.07. The number of ether oxygens (including phenoxy) is 1. The monoisotopic (exact) mass is 676 g/mol. The highest BCUT2D eigenvalue weighted by Gasteiger charge is 2.51. The summed E-state index contributed by atoms with van der Waals surface area (Å²) in [6.45, 7) is 9.06. The Kier molecular flexibility index (Phi) is 10.3. The molecule has 2 fully saturated rings. The summed E-state index contributed by atoms with van der Waals surface area (Å²) in [5, 5.41) is 7.16. The lowest BCUT2D eigenvalue weighted by atomic mass is 9.98. The van der Waals surface area contributed by atoms with Crippen molar-refractivity contribution in [3.63, 3.8) is 0 Å². The Hall–Kier alpha value is -5.42. The van der Waals surface area contributed by atoms with Crippen molar-refractivity contribution in [3.8, 4) is 5.75 Å². The van der Waals surface area contributed by atoms with Crippen LogP contribution in [0.25, 0.3) is 10.9 Å². The van der Waals surface area contributed by atoms with Crippen molar-refractivity contribution < 1.29 is 23.9 Å². The van der Waals surface area contributed by atoms with E-state index in [9.17, 15) is 19.2 Å². The van der Waals surface area contributed by atoms with Crippen LogP contribution in [0.1, 0.15) is 47.3 Å². The Morgan fingerprint density at radius 1 is 1.00 bits per heavy atom. The fourth-order valence-corrected chi connectivity index (χ4v) is 7.15. The predicted molar refractivity (Wildman–Crippen MR) is 191 cm³/mol. The van der Waals surface area contributed by atoms with E-state index in [1.54, 1.807) is 39.9 Å². The van der Waals surface area contributed by atoms with E-state index in [-0.39, 0.29) is 56.2 Å². The van der Waals surface area contributed by atoms with E-state index in [1.165, 1.54) is 0 Å². The minimum absolute atomic E-state index is 0.0218. The van der Waals surface area contributed by atoms with E-state index in [2.05, 4.69) is 23.4 Å². The zero-order chi connectivity index (χ0) is 35.4. The van der Waals surface area contributed by atoms with E-state index < -0.39 is 12.2 Å². The molecule has 0 aliphatic carbocycles. The van der Waals surface area contributed by atoms with E-state index >= 15 is 0 Å². The number of carbonyl (C=O) groups excluding carboxylic acids is 4. The Morgan fingerprint density at radius 3 is 2.44 bits per heavy atom. The summed E-state index contributed by atoms with van der Waals surface area (Å²) in [5.41, 5.74) is 4.23. The number of nitrogens with one attached hydrogen (secondary N) is 1. The van der Waals surface area contributed by atoms with Crippen molar-refractivity contribution in [1.29, 1.82) is 0 Å². The summed E-state index contributed by atoms with van der Waals surface area (Å²) in [6.07, 6.45) is 3.91. The van der Waals surface area contributed by atoms with Crippen LogP contribution in [-0.4, -0.2) is 87.0 Å². The molecular weight excluding hydrogens is 632 g/mol. The molecule has 4 amide bonds. The van der Waals surface area contributed by atoms with Crippen LogP contribution in [0.5, 0.6) is 5.75 Å². The van der Waals surface area contributed by atoms with E-state index in [1.807, 2.05) is 79.0 Å². The van der Waals surface area contributed by atoms with Gasteiger partial charge in [0.25, 0.3) is 0 Å². The molecule has 2 atom stereocenters. The van der Waals surface area contributed by atoms with Crippen LogP contribution in [-0.2, 0) is 35.6 Å². The number of piperazine rings is 1. The van der Waals surface area contributed by atoms with E-state index in [0.29, 0.717) is 24.4 Å². The summed E-state index contributed by atoms with van der Waals surface area (Å²) in [4.78, 5) is 58.7. The van der Waals surface area contributed by atoms with Gasteiger partial charge in [-0.25, -0.2) is 14.8 Å². The molecule has 1 aromatic heterocycles. The number of urea groups is 1. The number of Topliss-reactive ketones (excluding diaryl/α,β-unsaturated/α-hetero) is 1. The maximum absolute atomic E-state index is 14.6. The number of ketones is 1. The topological polar surface area (TPSA) is 107 Å². The average Bonchev–Trinajstić information content (AvgIpc) is 3.49. The molecule has 0 saturated carbocycles. The molecule has 260 valence electrons. The second-order valence-corrected chi connectivity index (χ2v) is 12.8. The van der Waals surface area contributed by atoms with Gasteiger partial charge in [0.2, 0.25) is 11.8 Å². The number of nitrogens with zero attached hydrogens (tertiary/aromatic N) is 5. The predicted octanol–water partition coefficient (Wildman–Crippen LogP) is 5.00. The molecular formula is C39H44N6O5. The maximum atomic E-state index is 14.6. The molecule has 6 rings (SSSR count). The lowest BCUT2D eigenvalue weighted by molar-refractivity contribution is -0.189. The van der Waals surface area contributed by atoms with Crippen molar-refractivity contribution in [2.75, 3.05) is 26.7 Å². The van der Waals surface area contributed by atoms with Gasteiger partial charge < -0.3 is 24.4 Å². The van der Waals surface area contributed by atoms with Gasteiger partial charge in [-0.05, 0) is 42.2 Å². The molecule has 0 radical (unpaired) electrons. The molecule has 11 nitrogen and oxygen atoms in total. The molecule has 4 aromatic rings. The van der Waals surface area contributed by atoms with Crippen LogP contribution in [0, 0.1) is 0 Å². The zero-order valence-electron chi connectivity index (χ0n) is 28.9. The summed E-state index contributed by atoms with van der Waals surface area (Å²) >= 11 is 0. The smallest absolute Gasteiger partial charge is 0.334 e. The molecule has 2 aliphatic rings. The number of carbonyl (C=O) groups is 4. The quantitative estimate of drug-likeness (QED) is 0.167. The summed E-state index contributed by atoms with van der Waals surface area (Å²) in [7, 11) is 1.60. The maximum Gasteiger partial charge on any atom is 0.334 e. The Bertz CT molecular complexity index is 1890. The van der Waals surface area contributed by atoms with Gasteiger partial charge in [0, 0.05) is 49.7 Å². The molecule has 50 heavy (non-hydrogen) atoms. The number of hydrogen-bond acceptors (Lipinski definition) is 6. The third kappa shape index (κ3) is 6.86. The third-order valence-electron chi connectivity index (χ3n) is 9.44. The van der Waals surface area contributed by atoms with Gasteiger partial charge in [-0.15, -0.1) is 6.58 Å². The lowest BCUT2D eigenvalue weighted by Crippen LogP contribution is -2.76. The first kappa shape index (κ1) is 34.4. The molecule has 0 unspecified atom stereocenters. The fraction of sp³-hybridized carbons (Fsp3) is 0.333. The molecule has 2 aliphatic heterocycles. The molecule has 11 heteroatoms. The normalized spacial score (nSPS) is 17.9. The number of aromatic nitrogens is 1. The molecule has 0 bridgehead atoms. The Morgan fingerprint density at radius 2 is 1.76 bits per heavy atom. The second kappa shape index (κ2) is 15.0. The largest absolute Gasteiger partial charge is 0.497 e. The van der Waals surface area contributed by atoms with Gasteiger partial charge in [0.1, 0.15) is 18.0 Å². The van der Waals surface area contributed by atoms with E-state index in [4.69, 9.17) is 4.74 Å². The highest BCUT2D eigenvalue weighted by atomic mass is 16.5. The molecule has 3 aromatic carbocycles. The van der Waals surface area contributed by atoms with Crippen LogP contribution >= 0.6 is 0 Å². The summed E-state index contributed by atoms with van der Waals surface area (Å²) < 4.78 is 7.44. The molecule has 2 saturated heterocycles. The molecule has 0 spiro atoms. The van der Waals surface area contributed by atoms with Crippen molar-refractivity contribution >= 4 is 34.5 Å². The van der Waals surface area contributed by atoms with Crippen molar-refractivity contribution in [2.24, 2.45) is 0 Å². The first-order valence-corrected chi connectivity index (χ1v) is 17.0. The van der Waals surface area contributed by atoms with Crippen molar-refractivity contribution in [3.05, 3.63) is 114 Å². The minimum atomic E-state index is -0.862. The minimum Gasteiger partial charge on any atom is -0.497 e. The molecule has 3 heterocycles. The van der Waals surface area contributed by atoms with Gasteiger partial charge in [0.05, 0.1) is 25.7 Å². The van der Waals surface area contributed by atoms with Gasteiger partial charge in [-0.1, -0.05) is 73.7 Å². The zero-order valence-corrected chi connectivity index (χ0v) is 28.9. The number of benzene rings is 3. The first-order chi connectivity index (χ1) is 24.2. The number of hydrazine groups is 1. The van der Waals surface area contributed by atoms with Gasteiger partial charge in [-0.2, -0.15) is 0 Å². The standard InChI is InChI=1S/C39H44N6O5/c1-5-19-41-24-33(27(3)46)32-14-10-13-30(37(32)41)23-42-25-35-44(34(38(42)48)21-28-15-17-31(50-4)18-16-28)36(47)26-43(20-6-2)45(35)39(49)40-22-29-11-8-7-9-12-29/h6-18,24,34-35H,2,5,19-23,25-26H2,1,3-4H3,(H,40,49)/t34-,35-/m0/s1. The van der Waals surface area contributed by atoms with Crippen molar-refractivity contribution in [1.82, 2.24) is 29.7 Å². The van der Waals surface area contributed by atoms with Crippen LogP contribution in [0.15, 0.2) is 91.6 Å². The second-order valence-electron chi connectivity index (χ2n) is 12.8. The molecule has 1 N–H and O–H groups in total. The first-order valence-electron chi connectivity index (χ1n) is 17.0. The van der Waals surface area contributed by atoms with E-state index in [0.717, 1.165) is 34.0 Å². The Labute approximate surface area is 292 Å². The van der Waals surface area contributed by atoms with Crippen molar-refractivity contribution in [2.45, 2.75) is 58.5 Å². The van der Waals surface area contributed by atoms with Crippen LogP contribution < -0.4 is 10.1 Å². The lowest BCUT2D eigenvalue weighted by Gasteiger charge is -2.55. The average molecular weight is 677 g/mol. The number of fused-ring (bicyclic) bond motifs is 2.